The van der Waals surface area contributed by atoms with Crippen LogP contribution in [0.1, 0.15) is 27.4 Å². The lowest BCUT2D eigenvalue weighted by molar-refractivity contribution is -0.118. The van der Waals surface area contributed by atoms with Gasteiger partial charge in [0.05, 0.1) is 17.5 Å². The number of hydrogen-bond acceptors (Lipinski definition) is 5. The van der Waals surface area contributed by atoms with Gasteiger partial charge in [0, 0.05) is 24.2 Å². The van der Waals surface area contributed by atoms with Crippen molar-refractivity contribution in [3.8, 4) is 0 Å². The number of carbonyl (C=O) groups excluding carboxylic acids is 1. The van der Waals surface area contributed by atoms with Gasteiger partial charge in [-0.1, -0.05) is 67.2 Å². The first kappa shape index (κ1) is 23.2. The minimum absolute atomic E-state index is 0.410. The van der Waals surface area contributed by atoms with Gasteiger partial charge >= 0.3 is 0 Å². The van der Waals surface area contributed by atoms with Crippen LogP contribution < -0.4 is 5.73 Å². The SMILES string of the molecule is C=C(/C=C\N)Cc1nc2c(s1)c(/C=N\N(C=O)Cc1ccccc1)c(C)n2Cc1ccccc1. The molecular formula is C27H27N5OS. The van der Waals surface area contributed by atoms with Crippen LogP contribution in [0.2, 0.25) is 0 Å². The lowest BCUT2D eigenvalue weighted by atomic mass is 10.2. The zero-order valence-electron chi connectivity index (χ0n) is 19.1. The molecule has 0 aliphatic rings. The molecule has 2 aromatic heterocycles. The van der Waals surface area contributed by atoms with Crippen molar-refractivity contribution >= 4 is 34.3 Å². The van der Waals surface area contributed by atoms with E-state index in [4.69, 9.17) is 10.7 Å². The molecule has 6 nitrogen and oxygen atoms in total. The number of nitrogens with two attached hydrogens (primary N) is 1. The maximum atomic E-state index is 11.7. The highest BCUT2D eigenvalue weighted by Crippen LogP contribution is 2.32. The van der Waals surface area contributed by atoms with Crippen molar-refractivity contribution in [2.45, 2.75) is 26.4 Å². The summed E-state index contributed by atoms with van der Waals surface area (Å²) in [5, 5.41) is 6.87. The third kappa shape index (κ3) is 5.32. The molecule has 1 amide bonds. The number of aromatic nitrogens is 2. The zero-order valence-corrected chi connectivity index (χ0v) is 19.9. The predicted molar refractivity (Wildman–Crippen MR) is 140 cm³/mol. The molecule has 2 aromatic carbocycles. The van der Waals surface area contributed by atoms with Crippen LogP contribution in [0, 0.1) is 6.92 Å². The van der Waals surface area contributed by atoms with Crippen LogP contribution in [0.15, 0.2) is 90.2 Å². The summed E-state index contributed by atoms with van der Waals surface area (Å²) in [5.41, 5.74) is 11.6. The number of allylic oxidation sites excluding steroid dienone is 2. The largest absolute Gasteiger partial charge is 0.405 e. The first-order valence-corrected chi connectivity index (χ1v) is 11.8. The minimum Gasteiger partial charge on any atom is -0.405 e. The number of benzene rings is 2. The quantitative estimate of drug-likeness (QED) is 0.153. The molecule has 2 heterocycles. The number of thiazole rings is 1. The summed E-state index contributed by atoms with van der Waals surface area (Å²) >= 11 is 1.62. The standard InChI is InChI=1S/C27H27N5OS/c1-20(13-14-28)15-25-30-27-26(34-25)24(21(2)32(27)18-23-11-7-4-8-12-23)16-29-31(19-33)17-22-9-5-3-6-10-22/h3-14,16,19H,1,15,17-18,28H2,2H3/b14-13-,29-16-. The lowest BCUT2D eigenvalue weighted by Gasteiger charge is -2.11. The van der Waals surface area contributed by atoms with Crippen molar-refractivity contribution in [1.82, 2.24) is 14.6 Å². The Morgan fingerprint density at radius 2 is 1.82 bits per heavy atom. The van der Waals surface area contributed by atoms with Gasteiger partial charge in [-0.3, -0.25) is 4.79 Å². The molecule has 0 spiro atoms. The van der Waals surface area contributed by atoms with Gasteiger partial charge in [0.25, 0.3) is 0 Å². The van der Waals surface area contributed by atoms with Crippen LogP contribution in [0.3, 0.4) is 0 Å². The Labute approximate surface area is 203 Å². The van der Waals surface area contributed by atoms with Gasteiger partial charge in [-0.25, -0.2) is 9.99 Å². The predicted octanol–water partition coefficient (Wildman–Crippen LogP) is 5.02. The number of hydrogen-bond donors (Lipinski definition) is 1. The molecule has 0 bridgehead atoms. The molecule has 0 unspecified atom stereocenters. The van der Waals surface area contributed by atoms with E-state index in [9.17, 15) is 4.79 Å². The van der Waals surface area contributed by atoms with Gasteiger partial charge in [0.2, 0.25) is 6.41 Å². The Kier molecular flexibility index (Phi) is 7.34. The molecule has 0 atom stereocenters. The molecule has 7 heteroatoms. The Balaban J connectivity index is 1.71. The van der Waals surface area contributed by atoms with Crippen LogP contribution in [0.4, 0.5) is 0 Å². The molecule has 34 heavy (non-hydrogen) atoms. The van der Waals surface area contributed by atoms with Crippen LogP contribution in [-0.4, -0.2) is 27.2 Å². The van der Waals surface area contributed by atoms with Crippen molar-refractivity contribution in [1.29, 1.82) is 0 Å². The number of carbonyl (C=O) groups is 1. The highest BCUT2D eigenvalue weighted by Gasteiger charge is 2.19. The van der Waals surface area contributed by atoms with E-state index in [0.29, 0.717) is 19.5 Å². The number of nitrogens with zero attached hydrogens (tertiary/aromatic N) is 4. The third-order valence-corrected chi connectivity index (χ3v) is 6.56. The molecular weight excluding hydrogens is 442 g/mol. The summed E-state index contributed by atoms with van der Waals surface area (Å²) in [5.74, 6) is 0. The number of rotatable bonds is 10. The average molecular weight is 470 g/mol. The summed E-state index contributed by atoms with van der Waals surface area (Å²) < 4.78 is 3.25. The van der Waals surface area contributed by atoms with Crippen LogP contribution in [0.25, 0.3) is 10.3 Å². The highest BCUT2D eigenvalue weighted by atomic mass is 32.1. The number of amides is 1. The second kappa shape index (κ2) is 10.8. The topological polar surface area (TPSA) is 76.5 Å². The molecule has 0 aliphatic heterocycles. The second-order valence-corrected chi connectivity index (χ2v) is 9.04. The molecule has 0 saturated carbocycles. The summed E-state index contributed by atoms with van der Waals surface area (Å²) in [6.45, 7) is 7.23. The fraction of sp³-hybridized carbons (Fsp3) is 0.148. The molecule has 0 saturated heterocycles. The number of fused-ring (bicyclic) bond motifs is 1. The van der Waals surface area contributed by atoms with Crippen molar-refractivity contribution in [3.05, 3.63) is 112 Å². The Bertz CT molecular complexity index is 1340. The summed E-state index contributed by atoms with van der Waals surface area (Å²) in [7, 11) is 0. The van der Waals surface area contributed by atoms with Crippen molar-refractivity contribution in [2.75, 3.05) is 0 Å². The summed E-state index contributed by atoms with van der Waals surface area (Å²) in [6.07, 6.45) is 6.44. The third-order valence-electron chi connectivity index (χ3n) is 5.49. The van der Waals surface area contributed by atoms with Gasteiger partial charge < -0.3 is 10.3 Å². The molecule has 0 radical (unpaired) electrons. The monoisotopic (exact) mass is 469 g/mol. The second-order valence-electron chi connectivity index (χ2n) is 7.96. The van der Waals surface area contributed by atoms with E-state index in [1.165, 1.54) is 16.8 Å². The zero-order chi connectivity index (χ0) is 23.9. The van der Waals surface area contributed by atoms with E-state index in [-0.39, 0.29) is 0 Å². The first-order valence-electron chi connectivity index (χ1n) is 11.0. The fourth-order valence-electron chi connectivity index (χ4n) is 3.77. The molecule has 0 fully saturated rings. The fourth-order valence-corrected chi connectivity index (χ4v) is 4.95. The lowest BCUT2D eigenvalue weighted by Crippen LogP contribution is -2.14. The summed E-state index contributed by atoms with van der Waals surface area (Å²) in [4.78, 5) is 16.6. The van der Waals surface area contributed by atoms with Crippen LogP contribution in [0.5, 0.6) is 0 Å². The minimum atomic E-state index is 0.410. The van der Waals surface area contributed by atoms with Crippen molar-refractivity contribution in [3.63, 3.8) is 0 Å². The maximum Gasteiger partial charge on any atom is 0.230 e. The first-order chi connectivity index (χ1) is 16.6. The van der Waals surface area contributed by atoms with Gasteiger partial charge in [-0.2, -0.15) is 5.10 Å². The van der Waals surface area contributed by atoms with Crippen molar-refractivity contribution < 1.29 is 4.79 Å². The molecule has 0 aliphatic carbocycles. The maximum absolute atomic E-state index is 11.7. The summed E-state index contributed by atoms with van der Waals surface area (Å²) in [6, 6.07) is 20.1. The number of hydrazone groups is 1. The van der Waals surface area contributed by atoms with E-state index in [0.717, 1.165) is 44.2 Å². The molecule has 172 valence electrons. The molecule has 2 N–H and O–H groups in total. The van der Waals surface area contributed by atoms with E-state index >= 15 is 0 Å². The van der Waals surface area contributed by atoms with Crippen LogP contribution >= 0.6 is 11.3 Å². The highest BCUT2D eigenvalue weighted by molar-refractivity contribution is 7.19. The van der Waals surface area contributed by atoms with Gasteiger partial charge in [-0.15, -0.1) is 11.3 Å². The average Bonchev–Trinajstić information content (AvgIpc) is 3.35. The Morgan fingerprint density at radius 3 is 2.47 bits per heavy atom. The van der Waals surface area contributed by atoms with E-state index < -0.39 is 0 Å². The Hall–Kier alpha value is -3.97. The van der Waals surface area contributed by atoms with E-state index in [1.54, 1.807) is 23.6 Å². The molecule has 4 rings (SSSR count). The van der Waals surface area contributed by atoms with Gasteiger partial charge in [0.1, 0.15) is 5.01 Å². The van der Waals surface area contributed by atoms with Crippen molar-refractivity contribution in [2.24, 2.45) is 10.8 Å². The smallest absolute Gasteiger partial charge is 0.230 e. The Morgan fingerprint density at radius 1 is 1.15 bits per heavy atom. The normalized spacial score (nSPS) is 11.6. The van der Waals surface area contributed by atoms with E-state index in [1.807, 2.05) is 48.5 Å². The van der Waals surface area contributed by atoms with Crippen LogP contribution in [-0.2, 0) is 24.3 Å². The van der Waals surface area contributed by atoms with Gasteiger partial charge in [-0.05, 0) is 35.9 Å². The van der Waals surface area contributed by atoms with E-state index in [2.05, 4.69) is 35.3 Å². The van der Waals surface area contributed by atoms with Gasteiger partial charge in [0.15, 0.2) is 5.65 Å². The molecule has 4 aromatic rings.